The van der Waals surface area contributed by atoms with Crippen LogP contribution in [0.5, 0.6) is 0 Å². The summed E-state index contributed by atoms with van der Waals surface area (Å²) in [5, 5.41) is 11.0. The van der Waals surface area contributed by atoms with E-state index in [4.69, 9.17) is 9.97 Å². The van der Waals surface area contributed by atoms with Gasteiger partial charge in [-0.1, -0.05) is 140 Å². The molecular weight excluding hydrogens is 627 g/mol. The number of para-hydroxylation sites is 1. The van der Waals surface area contributed by atoms with Crippen molar-refractivity contribution in [3.63, 3.8) is 0 Å². The van der Waals surface area contributed by atoms with Crippen LogP contribution in [0.4, 0.5) is 0 Å². The highest BCUT2D eigenvalue weighted by Crippen LogP contribution is 2.47. The van der Waals surface area contributed by atoms with Crippen molar-refractivity contribution in [3.05, 3.63) is 164 Å². The molecule has 0 amide bonds. The summed E-state index contributed by atoms with van der Waals surface area (Å²) < 4.78 is 4.91. The van der Waals surface area contributed by atoms with Crippen LogP contribution in [0, 0.1) is 0 Å². The van der Waals surface area contributed by atoms with E-state index in [1.54, 1.807) is 0 Å². The van der Waals surface area contributed by atoms with E-state index < -0.39 is 0 Å². The number of rotatable bonds is 3. The Balaban J connectivity index is 1.30. The van der Waals surface area contributed by atoms with Gasteiger partial charge in [0.05, 0.1) is 22.2 Å². The predicted molar refractivity (Wildman–Crippen MR) is 213 cm³/mol. The third kappa shape index (κ3) is 3.91. The molecular formula is C46H27N3S. The second-order valence-electron chi connectivity index (χ2n) is 12.9. The van der Waals surface area contributed by atoms with Gasteiger partial charge in [0.1, 0.15) is 0 Å². The summed E-state index contributed by atoms with van der Waals surface area (Å²) in [6.07, 6.45) is 0. The van der Waals surface area contributed by atoms with E-state index in [0.717, 1.165) is 33.2 Å². The average molecular weight is 654 g/mol. The molecule has 0 N–H and O–H groups in total. The molecule has 0 aliphatic rings. The Kier molecular flexibility index (Phi) is 5.83. The van der Waals surface area contributed by atoms with Crippen LogP contribution in [-0.4, -0.2) is 14.5 Å². The van der Waals surface area contributed by atoms with Crippen LogP contribution < -0.4 is 0 Å². The molecule has 0 saturated heterocycles. The number of thiophene rings is 1. The monoisotopic (exact) mass is 653 g/mol. The summed E-state index contributed by atoms with van der Waals surface area (Å²) in [5.41, 5.74) is 7.53. The molecule has 0 bridgehead atoms. The third-order valence-corrected chi connectivity index (χ3v) is 11.3. The zero-order valence-electron chi connectivity index (χ0n) is 26.8. The maximum Gasteiger partial charge on any atom is 0.235 e. The van der Waals surface area contributed by atoms with Crippen LogP contribution in [0.2, 0.25) is 0 Å². The molecule has 8 aromatic carbocycles. The van der Waals surface area contributed by atoms with Crippen LogP contribution in [0.1, 0.15) is 0 Å². The Morgan fingerprint density at radius 2 is 0.980 bits per heavy atom. The van der Waals surface area contributed by atoms with E-state index >= 15 is 0 Å². The van der Waals surface area contributed by atoms with Crippen LogP contribution >= 0.6 is 11.3 Å². The van der Waals surface area contributed by atoms with Gasteiger partial charge in [-0.2, -0.15) is 0 Å². The fourth-order valence-corrected chi connectivity index (χ4v) is 9.13. The standard InChI is InChI=1S/C46H27N3S/c1-2-12-28(13-3-1)29-22-24-30(25-23-29)44-35-18-8-10-20-37(35)47-46(48-44)49-38-26-27-40-41(36-19-9-11-21-39(36)50-40)43(38)42-33-16-6-4-14-31(33)32-15-5-7-17-34(32)45(42)49/h1-27H. The lowest BCUT2D eigenvalue weighted by atomic mass is 9.95. The van der Waals surface area contributed by atoms with Gasteiger partial charge in [0.2, 0.25) is 5.95 Å². The van der Waals surface area contributed by atoms with Gasteiger partial charge in [-0.05, 0) is 51.6 Å². The minimum Gasteiger partial charge on any atom is -0.277 e. The van der Waals surface area contributed by atoms with Gasteiger partial charge in [-0.15, -0.1) is 11.3 Å². The summed E-state index contributed by atoms with van der Waals surface area (Å²) >= 11 is 1.86. The van der Waals surface area contributed by atoms with Gasteiger partial charge < -0.3 is 0 Å². The lowest BCUT2D eigenvalue weighted by Gasteiger charge is -2.14. The van der Waals surface area contributed by atoms with Crippen LogP contribution in [0.25, 0.3) is 103 Å². The minimum atomic E-state index is 0.671. The first-order chi connectivity index (χ1) is 24.8. The normalized spacial score (nSPS) is 12.0. The number of fused-ring (bicyclic) bond motifs is 13. The number of nitrogens with zero attached hydrogens (tertiary/aromatic N) is 3. The van der Waals surface area contributed by atoms with Gasteiger partial charge in [-0.25, -0.2) is 9.97 Å². The van der Waals surface area contributed by atoms with Gasteiger partial charge >= 0.3 is 0 Å². The van der Waals surface area contributed by atoms with E-state index in [9.17, 15) is 0 Å². The number of benzene rings is 8. The van der Waals surface area contributed by atoms with Crippen molar-refractivity contribution >= 4 is 85.8 Å². The number of hydrogen-bond donors (Lipinski definition) is 0. The number of aromatic nitrogens is 3. The molecule has 4 heteroatoms. The molecule has 0 radical (unpaired) electrons. The highest BCUT2D eigenvalue weighted by molar-refractivity contribution is 7.26. The van der Waals surface area contributed by atoms with Crippen LogP contribution in [0.15, 0.2) is 164 Å². The van der Waals surface area contributed by atoms with Crippen LogP contribution in [0.3, 0.4) is 0 Å². The van der Waals surface area contributed by atoms with Gasteiger partial charge in [0, 0.05) is 47.3 Å². The zero-order valence-corrected chi connectivity index (χ0v) is 27.7. The maximum atomic E-state index is 5.49. The van der Waals surface area contributed by atoms with Crippen molar-refractivity contribution in [1.82, 2.24) is 14.5 Å². The average Bonchev–Trinajstić information content (AvgIpc) is 3.74. The Morgan fingerprint density at radius 3 is 1.78 bits per heavy atom. The molecule has 0 atom stereocenters. The Bertz CT molecular complexity index is 3140. The van der Waals surface area contributed by atoms with Gasteiger partial charge in [-0.3, -0.25) is 4.57 Å². The fourth-order valence-electron chi connectivity index (χ4n) is 8.02. The molecule has 0 unspecified atom stereocenters. The quantitative estimate of drug-likeness (QED) is 0.178. The van der Waals surface area contributed by atoms with Crippen molar-refractivity contribution in [3.8, 4) is 28.3 Å². The molecule has 0 aliphatic carbocycles. The molecule has 3 heterocycles. The highest BCUT2D eigenvalue weighted by atomic mass is 32.1. The summed E-state index contributed by atoms with van der Waals surface area (Å²) in [6, 6.07) is 58.7. The first kappa shape index (κ1) is 27.6. The molecule has 0 aliphatic heterocycles. The molecule has 232 valence electrons. The molecule has 11 aromatic rings. The SMILES string of the molecule is c1ccc(-c2ccc(-c3nc(-n4c5ccc6sc7ccccc7c6c5c5c6ccccc6c6ccccc6c54)nc4ccccc34)cc2)cc1. The summed E-state index contributed by atoms with van der Waals surface area (Å²) in [4.78, 5) is 10.8. The van der Waals surface area contributed by atoms with Crippen molar-refractivity contribution in [1.29, 1.82) is 0 Å². The Hall–Kier alpha value is -6.36. The van der Waals surface area contributed by atoms with Gasteiger partial charge in [0.15, 0.2) is 0 Å². The molecule has 0 fully saturated rings. The lowest BCUT2D eigenvalue weighted by Crippen LogP contribution is -2.04. The molecule has 3 aromatic heterocycles. The molecule has 0 spiro atoms. The van der Waals surface area contributed by atoms with E-state index in [1.807, 2.05) is 11.3 Å². The molecule has 0 saturated carbocycles. The van der Waals surface area contributed by atoms with Crippen molar-refractivity contribution in [2.75, 3.05) is 0 Å². The second-order valence-corrected chi connectivity index (χ2v) is 14.0. The summed E-state index contributed by atoms with van der Waals surface area (Å²) in [7, 11) is 0. The predicted octanol–water partition coefficient (Wildman–Crippen LogP) is 12.7. The van der Waals surface area contributed by atoms with Crippen molar-refractivity contribution in [2.24, 2.45) is 0 Å². The summed E-state index contributed by atoms with van der Waals surface area (Å²) in [5.74, 6) is 0.671. The lowest BCUT2D eigenvalue weighted by molar-refractivity contribution is 1.02. The van der Waals surface area contributed by atoms with E-state index in [0.29, 0.717) is 5.95 Å². The zero-order chi connectivity index (χ0) is 32.8. The Morgan fingerprint density at radius 1 is 0.380 bits per heavy atom. The first-order valence-electron chi connectivity index (χ1n) is 16.9. The molecule has 3 nitrogen and oxygen atoms in total. The van der Waals surface area contributed by atoms with E-state index in [1.165, 1.54) is 63.6 Å². The highest BCUT2D eigenvalue weighted by Gasteiger charge is 2.24. The second kappa shape index (κ2) is 10.6. The molecule has 50 heavy (non-hydrogen) atoms. The third-order valence-electron chi connectivity index (χ3n) is 10.2. The maximum absolute atomic E-state index is 5.49. The fraction of sp³-hybridized carbons (Fsp3) is 0. The topological polar surface area (TPSA) is 30.7 Å². The Labute approximate surface area is 291 Å². The van der Waals surface area contributed by atoms with Gasteiger partial charge in [0.25, 0.3) is 0 Å². The number of hydrogen-bond acceptors (Lipinski definition) is 3. The van der Waals surface area contributed by atoms with E-state index in [-0.39, 0.29) is 0 Å². The molecule has 11 rings (SSSR count). The van der Waals surface area contributed by atoms with E-state index in [2.05, 4.69) is 168 Å². The largest absolute Gasteiger partial charge is 0.277 e. The minimum absolute atomic E-state index is 0.671. The van der Waals surface area contributed by atoms with Crippen LogP contribution in [-0.2, 0) is 0 Å². The van der Waals surface area contributed by atoms with Crippen molar-refractivity contribution < 1.29 is 0 Å². The summed E-state index contributed by atoms with van der Waals surface area (Å²) in [6.45, 7) is 0. The van der Waals surface area contributed by atoms with Crippen molar-refractivity contribution in [2.45, 2.75) is 0 Å². The first-order valence-corrected chi connectivity index (χ1v) is 17.7. The smallest absolute Gasteiger partial charge is 0.235 e.